The van der Waals surface area contributed by atoms with E-state index in [1.54, 1.807) is 43.5 Å². The minimum atomic E-state index is -0.288. The average Bonchev–Trinajstić information content (AvgIpc) is 2.99. The maximum Gasteiger partial charge on any atom is 0.261 e. The molecule has 3 aromatic carbocycles. The second-order valence-corrected chi connectivity index (χ2v) is 6.47. The van der Waals surface area contributed by atoms with Gasteiger partial charge in [-0.25, -0.2) is 0 Å². The van der Waals surface area contributed by atoms with E-state index in [-0.39, 0.29) is 18.4 Å². The van der Waals surface area contributed by atoms with Crippen LogP contribution in [0.4, 0.5) is 5.69 Å². The monoisotopic (exact) mass is 374 g/mol. The van der Waals surface area contributed by atoms with E-state index in [1.807, 2.05) is 30.3 Å². The fraction of sp³-hybridized carbons (Fsp3) is 0.0909. The molecule has 4 rings (SSSR count). The van der Waals surface area contributed by atoms with Gasteiger partial charge in [0.15, 0.2) is 0 Å². The van der Waals surface area contributed by atoms with Gasteiger partial charge in [0.25, 0.3) is 11.8 Å². The van der Waals surface area contributed by atoms with Gasteiger partial charge in [0.1, 0.15) is 5.75 Å². The highest BCUT2D eigenvalue weighted by Crippen LogP contribution is 2.33. The van der Waals surface area contributed by atoms with Crippen LogP contribution in [0, 0.1) is 0 Å². The van der Waals surface area contributed by atoms with Crippen molar-refractivity contribution in [2.24, 2.45) is 0 Å². The number of nitrogens with one attached hydrogen (secondary N) is 1. The number of rotatable bonds is 5. The van der Waals surface area contributed by atoms with Crippen LogP contribution in [-0.4, -0.2) is 29.0 Å². The van der Waals surface area contributed by atoms with E-state index in [2.05, 4.69) is 5.48 Å². The summed E-state index contributed by atoms with van der Waals surface area (Å²) in [6, 6.07) is 19.6. The van der Waals surface area contributed by atoms with Gasteiger partial charge in [-0.15, -0.1) is 0 Å². The normalized spacial score (nSPS) is 12.9. The summed E-state index contributed by atoms with van der Waals surface area (Å²) in [5.41, 5.74) is 5.98. The van der Waals surface area contributed by atoms with Crippen LogP contribution in [0.2, 0.25) is 0 Å². The van der Waals surface area contributed by atoms with Crippen molar-refractivity contribution in [1.29, 1.82) is 0 Å². The first-order valence-electron chi connectivity index (χ1n) is 8.75. The smallest absolute Gasteiger partial charge is 0.261 e. The van der Waals surface area contributed by atoms with Gasteiger partial charge < -0.3 is 4.74 Å². The van der Waals surface area contributed by atoms with E-state index in [0.717, 1.165) is 16.7 Å². The Morgan fingerprint density at radius 3 is 2.25 bits per heavy atom. The summed E-state index contributed by atoms with van der Waals surface area (Å²) in [4.78, 5) is 26.5. The summed E-state index contributed by atoms with van der Waals surface area (Å²) < 4.78 is 5.46. The number of hydrogen-bond acceptors (Lipinski definition) is 5. The summed E-state index contributed by atoms with van der Waals surface area (Å²) in [7, 11) is 1.58. The van der Waals surface area contributed by atoms with E-state index in [4.69, 9.17) is 9.94 Å². The van der Waals surface area contributed by atoms with Crippen molar-refractivity contribution < 1.29 is 19.5 Å². The Kier molecular flexibility index (Phi) is 4.55. The predicted octanol–water partition coefficient (Wildman–Crippen LogP) is 3.96. The summed E-state index contributed by atoms with van der Waals surface area (Å²) >= 11 is 0. The molecule has 28 heavy (non-hydrogen) atoms. The minimum absolute atomic E-state index is 0.168. The minimum Gasteiger partial charge on any atom is -0.496 e. The number of carbonyl (C=O) groups is 2. The number of methoxy groups -OCH3 is 1. The molecular formula is C22H18N2O4. The van der Waals surface area contributed by atoms with Crippen molar-refractivity contribution >= 4 is 17.5 Å². The van der Waals surface area contributed by atoms with Gasteiger partial charge >= 0.3 is 0 Å². The standard InChI is InChI=1S/C22H18N2O4/c1-28-20-10-9-14(11-19(20)15-5-4-6-16(12-15)23-27)13-24-21(25)17-7-2-3-8-18(17)22(24)26/h2-12,23,27H,13H2,1H3. The van der Waals surface area contributed by atoms with Gasteiger partial charge in [0.2, 0.25) is 0 Å². The van der Waals surface area contributed by atoms with Crippen LogP contribution < -0.4 is 10.2 Å². The van der Waals surface area contributed by atoms with Crippen LogP contribution >= 0.6 is 0 Å². The number of carbonyl (C=O) groups excluding carboxylic acids is 2. The zero-order valence-corrected chi connectivity index (χ0v) is 15.2. The topological polar surface area (TPSA) is 78.9 Å². The number of hydrogen-bond donors (Lipinski definition) is 2. The molecule has 1 aliphatic rings. The van der Waals surface area contributed by atoms with E-state index < -0.39 is 0 Å². The Bertz CT molecular complexity index is 1040. The van der Waals surface area contributed by atoms with Gasteiger partial charge in [-0.3, -0.25) is 25.2 Å². The van der Waals surface area contributed by atoms with Gasteiger partial charge in [0, 0.05) is 5.56 Å². The molecule has 0 atom stereocenters. The lowest BCUT2D eigenvalue weighted by Gasteiger charge is -2.16. The number of imide groups is 1. The van der Waals surface area contributed by atoms with Crippen molar-refractivity contribution in [2.45, 2.75) is 6.54 Å². The molecule has 0 spiro atoms. The van der Waals surface area contributed by atoms with Crippen molar-refractivity contribution in [3.8, 4) is 16.9 Å². The SMILES string of the molecule is COc1ccc(CN2C(=O)c3ccccc3C2=O)cc1-c1cccc(NO)c1. The van der Waals surface area contributed by atoms with Crippen LogP contribution in [0.15, 0.2) is 66.7 Å². The molecule has 0 aromatic heterocycles. The molecule has 2 amide bonds. The summed E-state index contributed by atoms with van der Waals surface area (Å²) in [5, 5.41) is 9.16. The predicted molar refractivity (Wildman–Crippen MR) is 104 cm³/mol. The Morgan fingerprint density at radius 2 is 1.61 bits per heavy atom. The quantitative estimate of drug-likeness (QED) is 0.522. The maximum atomic E-state index is 12.6. The average molecular weight is 374 g/mol. The molecule has 6 heteroatoms. The van der Waals surface area contributed by atoms with Gasteiger partial charge in [-0.1, -0.05) is 30.3 Å². The number of anilines is 1. The lowest BCUT2D eigenvalue weighted by molar-refractivity contribution is 0.0642. The van der Waals surface area contributed by atoms with Gasteiger partial charge in [-0.05, 0) is 47.5 Å². The number of amides is 2. The van der Waals surface area contributed by atoms with E-state index in [0.29, 0.717) is 22.6 Å². The Hall–Kier alpha value is -3.64. The lowest BCUT2D eigenvalue weighted by Crippen LogP contribution is -2.29. The molecule has 0 unspecified atom stereocenters. The molecule has 0 bridgehead atoms. The summed E-state index contributed by atoms with van der Waals surface area (Å²) in [5.74, 6) is 0.0788. The summed E-state index contributed by atoms with van der Waals surface area (Å²) in [6.45, 7) is 0.168. The molecule has 3 aromatic rings. The van der Waals surface area contributed by atoms with Crippen LogP contribution in [0.25, 0.3) is 11.1 Å². The highest BCUT2D eigenvalue weighted by Gasteiger charge is 2.35. The third-order valence-electron chi connectivity index (χ3n) is 4.79. The molecule has 1 heterocycles. The Morgan fingerprint density at radius 1 is 0.893 bits per heavy atom. The largest absolute Gasteiger partial charge is 0.496 e. The van der Waals surface area contributed by atoms with E-state index in [9.17, 15) is 9.59 Å². The van der Waals surface area contributed by atoms with Gasteiger partial charge in [0.05, 0.1) is 30.5 Å². The second-order valence-electron chi connectivity index (χ2n) is 6.47. The number of fused-ring (bicyclic) bond motifs is 1. The first kappa shape index (κ1) is 17.8. The fourth-order valence-electron chi connectivity index (χ4n) is 3.40. The lowest BCUT2D eigenvalue weighted by atomic mass is 10.0. The van der Waals surface area contributed by atoms with E-state index >= 15 is 0 Å². The number of nitrogens with zero attached hydrogens (tertiary/aromatic N) is 1. The molecule has 0 aliphatic carbocycles. The third-order valence-corrected chi connectivity index (χ3v) is 4.79. The van der Waals surface area contributed by atoms with Crippen molar-refractivity contribution in [3.05, 3.63) is 83.4 Å². The number of ether oxygens (including phenoxy) is 1. The molecule has 0 radical (unpaired) electrons. The molecule has 0 saturated heterocycles. The molecule has 0 fully saturated rings. The maximum absolute atomic E-state index is 12.6. The van der Waals surface area contributed by atoms with Crippen molar-refractivity contribution in [3.63, 3.8) is 0 Å². The molecule has 6 nitrogen and oxygen atoms in total. The highest BCUT2D eigenvalue weighted by atomic mass is 16.5. The van der Waals surface area contributed by atoms with Crippen LogP contribution in [0.5, 0.6) is 5.75 Å². The van der Waals surface area contributed by atoms with Gasteiger partial charge in [-0.2, -0.15) is 0 Å². The van der Waals surface area contributed by atoms with Crippen LogP contribution in [-0.2, 0) is 6.54 Å². The third kappa shape index (κ3) is 3.00. The Balaban J connectivity index is 1.68. The molecule has 0 saturated carbocycles. The highest BCUT2D eigenvalue weighted by molar-refractivity contribution is 6.21. The zero-order chi connectivity index (χ0) is 19.7. The zero-order valence-electron chi connectivity index (χ0n) is 15.2. The fourth-order valence-corrected chi connectivity index (χ4v) is 3.40. The van der Waals surface area contributed by atoms with Crippen LogP contribution in [0.1, 0.15) is 26.3 Å². The molecule has 2 N–H and O–H groups in total. The van der Waals surface area contributed by atoms with Crippen LogP contribution in [0.3, 0.4) is 0 Å². The molecule has 1 aliphatic heterocycles. The van der Waals surface area contributed by atoms with E-state index in [1.165, 1.54) is 4.90 Å². The Labute approximate surface area is 161 Å². The second kappa shape index (κ2) is 7.17. The van der Waals surface area contributed by atoms with Crippen molar-refractivity contribution in [2.75, 3.05) is 12.6 Å². The number of benzene rings is 3. The first-order chi connectivity index (χ1) is 13.6. The first-order valence-corrected chi connectivity index (χ1v) is 8.75. The molecular weight excluding hydrogens is 356 g/mol. The molecule has 140 valence electrons. The summed E-state index contributed by atoms with van der Waals surface area (Å²) in [6.07, 6.45) is 0. The van der Waals surface area contributed by atoms with Crippen molar-refractivity contribution in [1.82, 2.24) is 4.90 Å².